The van der Waals surface area contributed by atoms with Gasteiger partial charge in [-0.05, 0) is 30.1 Å². The predicted octanol–water partition coefficient (Wildman–Crippen LogP) is 3.49. The quantitative estimate of drug-likeness (QED) is 0.886. The number of amides is 1. The van der Waals surface area contributed by atoms with Crippen molar-refractivity contribution in [3.8, 4) is 0 Å². The van der Waals surface area contributed by atoms with E-state index in [4.69, 9.17) is 0 Å². The Morgan fingerprint density at radius 1 is 1.24 bits per heavy atom. The summed E-state index contributed by atoms with van der Waals surface area (Å²) in [7, 11) is 0. The average Bonchev–Trinajstić information content (AvgIpc) is 2.95. The van der Waals surface area contributed by atoms with E-state index in [0.717, 1.165) is 17.0 Å². The van der Waals surface area contributed by atoms with Crippen molar-refractivity contribution >= 4 is 22.9 Å². The van der Waals surface area contributed by atoms with E-state index in [9.17, 15) is 13.6 Å². The van der Waals surface area contributed by atoms with E-state index in [-0.39, 0.29) is 6.54 Å². The summed E-state index contributed by atoms with van der Waals surface area (Å²) in [5.41, 5.74) is -0.394. The van der Waals surface area contributed by atoms with Crippen LogP contribution >= 0.6 is 11.3 Å². The maximum Gasteiger partial charge on any atom is 0.238 e. The zero-order valence-electron chi connectivity index (χ0n) is 11.6. The smallest absolute Gasteiger partial charge is 0.238 e. The van der Waals surface area contributed by atoms with Crippen LogP contribution in [-0.2, 0) is 11.3 Å². The SMILES string of the molecule is CCN(CC(=O)Nc1c(F)cccc1F)Cc1cccs1. The van der Waals surface area contributed by atoms with E-state index in [1.807, 2.05) is 29.3 Å². The number of likely N-dealkylation sites (N-methyl/N-ethyl adjacent to an activating group) is 1. The van der Waals surface area contributed by atoms with Gasteiger partial charge in [-0.15, -0.1) is 11.3 Å². The minimum Gasteiger partial charge on any atom is -0.320 e. The summed E-state index contributed by atoms with van der Waals surface area (Å²) in [5.74, 6) is -1.98. The lowest BCUT2D eigenvalue weighted by Crippen LogP contribution is -2.33. The lowest BCUT2D eigenvalue weighted by molar-refractivity contribution is -0.117. The van der Waals surface area contributed by atoms with Crippen LogP contribution in [0.25, 0.3) is 0 Å². The highest BCUT2D eigenvalue weighted by Gasteiger charge is 2.14. The second-order valence-electron chi connectivity index (χ2n) is 4.53. The standard InChI is InChI=1S/C15H16F2N2OS/c1-2-19(9-11-5-4-8-21-11)10-14(20)18-15-12(16)6-3-7-13(15)17/h3-8H,2,9-10H2,1H3,(H,18,20). The van der Waals surface area contributed by atoms with Gasteiger partial charge in [-0.25, -0.2) is 8.78 Å². The number of hydrogen-bond acceptors (Lipinski definition) is 3. The summed E-state index contributed by atoms with van der Waals surface area (Å²) < 4.78 is 26.9. The van der Waals surface area contributed by atoms with Crippen LogP contribution in [0, 0.1) is 11.6 Å². The molecule has 0 aliphatic carbocycles. The first-order valence-corrected chi connectivity index (χ1v) is 7.46. The van der Waals surface area contributed by atoms with Gasteiger partial charge in [0.05, 0.1) is 6.54 Å². The van der Waals surface area contributed by atoms with Gasteiger partial charge < -0.3 is 5.32 Å². The third-order valence-electron chi connectivity index (χ3n) is 3.00. The number of hydrogen-bond donors (Lipinski definition) is 1. The van der Waals surface area contributed by atoms with Gasteiger partial charge in [0.15, 0.2) is 0 Å². The highest BCUT2D eigenvalue weighted by Crippen LogP contribution is 2.18. The summed E-state index contributed by atoms with van der Waals surface area (Å²) in [6.07, 6.45) is 0. The number of nitrogens with one attached hydrogen (secondary N) is 1. The number of anilines is 1. The van der Waals surface area contributed by atoms with Gasteiger partial charge in [-0.1, -0.05) is 19.1 Å². The fourth-order valence-corrected chi connectivity index (χ4v) is 2.65. The molecule has 21 heavy (non-hydrogen) atoms. The van der Waals surface area contributed by atoms with Gasteiger partial charge in [0.1, 0.15) is 17.3 Å². The van der Waals surface area contributed by atoms with Crippen molar-refractivity contribution in [2.75, 3.05) is 18.4 Å². The molecular weight excluding hydrogens is 294 g/mol. The van der Waals surface area contributed by atoms with E-state index < -0.39 is 23.2 Å². The molecule has 0 aliphatic heterocycles. The third-order valence-corrected chi connectivity index (χ3v) is 3.86. The first-order valence-electron chi connectivity index (χ1n) is 6.58. The molecule has 0 bridgehead atoms. The Morgan fingerprint density at radius 2 is 1.95 bits per heavy atom. The van der Waals surface area contributed by atoms with Gasteiger partial charge in [0.2, 0.25) is 5.91 Å². The monoisotopic (exact) mass is 310 g/mol. The summed E-state index contributed by atoms with van der Waals surface area (Å²) >= 11 is 1.61. The van der Waals surface area contributed by atoms with Crippen LogP contribution in [0.15, 0.2) is 35.7 Å². The molecule has 0 radical (unpaired) electrons. The molecule has 2 rings (SSSR count). The zero-order chi connectivity index (χ0) is 15.2. The first-order chi connectivity index (χ1) is 10.1. The normalized spacial score (nSPS) is 10.9. The van der Waals surface area contributed by atoms with Crippen molar-refractivity contribution in [3.05, 3.63) is 52.2 Å². The molecule has 0 atom stereocenters. The van der Waals surface area contributed by atoms with E-state index in [1.54, 1.807) is 11.3 Å². The van der Waals surface area contributed by atoms with Crippen molar-refractivity contribution in [2.45, 2.75) is 13.5 Å². The molecule has 0 saturated heterocycles. The Kier molecular flexibility index (Phi) is 5.41. The molecule has 0 saturated carbocycles. The van der Waals surface area contributed by atoms with Crippen LogP contribution in [0.1, 0.15) is 11.8 Å². The minimum absolute atomic E-state index is 0.0855. The highest BCUT2D eigenvalue weighted by molar-refractivity contribution is 7.09. The Morgan fingerprint density at radius 3 is 2.52 bits per heavy atom. The Bertz CT molecular complexity index is 581. The van der Waals surface area contributed by atoms with E-state index in [2.05, 4.69) is 5.32 Å². The third kappa shape index (κ3) is 4.34. The number of carbonyl (C=O) groups is 1. The van der Waals surface area contributed by atoms with Crippen molar-refractivity contribution in [2.24, 2.45) is 0 Å². The molecular formula is C15H16F2N2OS. The Hall–Kier alpha value is -1.79. The first kappa shape index (κ1) is 15.6. The number of nitrogens with zero attached hydrogens (tertiary/aromatic N) is 1. The molecule has 1 aromatic heterocycles. The molecule has 6 heteroatoms. The molecule has 1 amide bonds. The van der Waals surface area contributed by atoms with Gasteiger partial charge in [0.25, 0.3) is 0 Å². The van der Waals surface area contributed by atoms with Crippen LogP contribution in [0.3, 0.4) is 0 Å². The number of para-hydroxylation sites is 1. The second kappa shape index (κ2) is 7.28. The minimum atomic E-state index is -0.773. The highest BCUT2D eigenvalue weighted by atomic mass is 32.1. The molecule has 0 aliphatic rings. The van der Waals surface area contributed by atoms with Gasteiger partial charge in [-0.3, -0.25) is 9.69 Å². The molecule has 0 fully saturated rings. The lowest BCUT2D eigenvalue weighted by Gasteiger charge is -2.19. The summed E-state index contributed by atoms with van der Waals surface area (Å²) in [5, 5.41) is 4.27. The second-order valence-corrected chi connectivity index (χ2v) is 5.56. The Balaban J connectivity index is 1.97. The van der Waals surface area contributed by atoms with Gasteiger partial charge in [0, 0.05) is 11.4 Å². The van der Waals surface area contributed by atoms with Gasteiger partial charge in [-0.2, -0.15) is 0 Å². The molecule has 1 N–H and O–H groups in total. The fraction of sp³-hybridized carbons (Fsp3) is 0.267. The van der Waals surface area contributed by atoms with Crippen LogP contribution < -0.4 is 5.32 Å². The van der Waals surface area contributed by atoms with Crippen molar-refractivity contribution < 1.29 is 13.6 Å². The van der Waals surface area contributed by atoms with Crippen LogP contribution in [-0.4, -0.2) is 23.9 Å². The lowest BCUT2D eigenvalue weighted by atomic mass is 10.3. The molecule has 3 nitrogen and oxygen atoms in total. The summed E-state index contributed by atoms with van der Waals surface area (Å²) in [4.78, 5) is 15.0. The summed E-state index contributed by atoms with van der Waals surface area (Å²) in [6, 6.07) is 7.42. The predicted molar refractivity (Wildman–Crippen MR) is 80.3 cm³/mol. The maximum absolute atomic E-state index is 13.5. The van der Waals surface area contributed by atoms with Crippen molar-refractivity contribution in [3.63, 3.8) is 0 Å². The summed E-state index contributed by atoms with van der Waals surface area (Å²) in [6.45, 7) is 3.33. The Labute approximate surface area is 126 Å². The largest absolute Gasteiger partial charge is 0.320 e. The van der Waals surface area contributed by atoms with E-state index >= 15 is 0 Å². The van der Waals surface area contributed by atoms with Crippen LogP contribution in [0.2, 0.25) is 0 Å². The number of benzene rings is 1. The molecule has 2 aromatic rings. The van der Waals surface area contributed by atoms with Gasteiger partial charge >= 0.3 is 0 Å². The van der Waals surface area contributed by atoms with E-state index in [1.165, 1.54) is 6.07 Å². The average molecular weight is 310 g/mol. The fourth-order valence-electron chi connectivity index (χ4n) is 1.90. The van der Waals surface area contributed by atoms with Crippen LogP contribution in [0.4, 0.5) is 14.5 Å². The number of halogens is 2. The molecule has 112 valence electrons. The number of rotatable bonds is 6. The molecule has 1 heterocycles. The number of carbonyl (C=O) groups excluding carboxylic acids is 1. The molecule has 0 unspecified atom stereocenters. The topological polar surface area (TPSA) is 32.3 Å². The maximum atomic E-state index is 13.5. The zero-order valence-corrected chi connectivity index (χ0v) is 12.4. The number of thiophene rings is 1. The molecule has 1 aromatic carbocycles. The van der Waals surface area contributed by atoms with E-state index in [0.29, 0.717) is 13.1 Å². The molecule has 0 spiro atoms. The van der Waals surface area contributed by atoms with Crippen molar-refractivity contribution in [1.29, 1.82) is 0 Å². The van der Waals surface area contributed by atoms with Crippen molar-refractivity contribution in [1.82, 2.24) is 4.90 Å². The van der Waals surface area contributed by atoms with Crippen LogP contribution in [0.5, 0.6) is 0 Å².